The van der Waals surface area contributed by atoms with Crippen LogP contribution in [0, 0.1) is 6.92 Å². The summed E-state index contributed by atoms with van der Waals surface area (Å²) in [5, 5.41) is 8.09. The fourth-order valence-corrected chi connectivity index (χ4v) is 3.52. The van der Waals surface area contributed by atoms with E-state index in [1.165, 1.54) is 16.8 Å². The van der Waals surface area contributed by atoms with Gasteiger partial charge in [0.1, 0.15) is 0 Å². The number of hydrogen-bond donors (Lipinski definition) is 1. The highest BCUT2D eigenvalue weighted by Gasteiger charge is 2.23. The van der Waals surface area contributed by atoms with Crippen molar-refractivity contribution in [2.75, 3.05) is 6.54 Å². The van der Waals surface area contributed by atoms with Gasteiger partial charge in [-0.3, -0.25) is 4.68 Å². The normalized spacial score (nSPS) is 12.6. The summed E-state index contributed by atoms with van der Waals surface area (Å²) in [7, 11) is 0. The SMILES string of the molecule is CCCn1ncc(Br)c1C(NCC)c1cccc(C)c1Br. The van der Waals surface area contributed by atoms with Gasteiger partial charge in [-0.1, -0.05) is 48.0 Å². The molecule has 1 aromatic heterocycles. The topological polar surface area (TPSA) is 29.9 Å². The lowest BCUT2D eigenvalue weighted by molar-refractivity contribution is 0.518. The van der Waals surface area contributed by atoms with Crippen LogP contribution in [0.1, 0.15) is 43.1 Å². The van der Waals surface area contributed by atoms with E-state index in [-0.39, 0.29) is 6.04 Å². The Morgan fingerprint density at radius 2 is 2.05 bits per heavy atom. The summed E-state index contributed by atoms with van der Waals surface area (Å²) in [6, 6.07) is 6.51. The van der Waals surface area contributed by atoms with E-state index in [1.54, 1.807) is 0 Å². The van der Waals surface area contributed by atoms with Crippen molar-refractivity contribution < 1.29 is 0 Å². The molecule has 114 valence electrons. The maximum atomic E-state index is 4.50. The number of rotatable bonds is 6. The monoisotopic (exact) mass is 413 g/mol. The van der Waals surface area contributed by atoms with E-state index in [0.717, 1.165) is 28.5 Å². The molecule has 1 N–H and O–H groups in total. The van der Waals surface area contributed by atoms with Crippen LogP contribution in [0.4, 0.5) is 0 Å². The molecule has 2 aromatic rings. The van der Waals surface area contributed by atoms with Crippen molar-refractivity contribution in [2.45, 2.75) is 39.8 Å². The van der Waals surface area contributed by atoms with Crippen LogP contribution in [0.5, 0.6) is 0 Å². The molecular weight excluding hydrogens is 394 g/mol. The number of nitrogens with one attached hydrogen (secondary N) is 1. The van der Waals surface area contributed by atoms with Crippen molar-refractivity contribution in [3.05, 3.63) is 50.2 Å². The Morgan fingerprint density at radius 1 is 1.29 bits per heavy atom. The van der Waals surface area contributed by atoms with Gasteiger partial charge in [-0.05, 0) is 46.9 Å². The minimum Gasteiger partial charge on any atom is -0.305 e. The van der Waals surface area contributed by atoms with Crippen LogP contribution in [0.2, 0.25) is 0 Å². The van der Waals surface area contributed by atoms with Crippen LogP contribution in [0.3, 0.4) is 0 Å². The first-order valence-corrected chi connectivity index (χ1v) is 8.88. The predicted octanol–water partition coefficient (Wildman–Crippen LogP) is 4.83. The summed E-state index contributed by atoms with van der Waals surface area (Å²) in [4.78, 5) is 0. The molecule has 21 heavy (non-hydrogen) atoms. The second-order valence-corrected chi connectivity index (χ2v) is 6.72. The summed E-state index contributed by atoms with van der Waals surface area (Å²) in [6.45, 7) is 8.24. The van der Waals surface area contributed by atoms with Gasteiger partial charge < -0.3 is 5.32 Å². The fraction of sp³-hybridized carbons (Fsp3) is 0.438. The minimum atomic E-state index is 0.118. The Morgan fingerprint density at radius 3 is 2.71 bits per heavy atom. The summed E-state index contributed by atoms with van der Waals surface area (Å²) in [6.07, 6.45) is 2.95. The van der Waals surface area contributed by atoms with Gasteiger partial charge in [-0.2, -0.15) is 5.10 Å². The number of nitrogens with zero attached hydrogens (tertiary/aromatic N) is 2. The summed E-state index contributed by atoms with van der Waals surface area (Å²) >= 11 is 7.40. The number of aromatic nitrogens is 2. The van der Waals surface area contributed by atoms with Crippen molar-refractivity contribution in [2.24, 2.45) is 0 Å². The summed E-state index contributed by atoms with van der Waals surface area (Å²) in [5.41, 5.74) is 3.67. The first-order chi connectivity index (χ1) is 10.1. The third-order valence-electron chi connectivity index (χ3n) is 3.48. The van der Waals surface area contributed by atoms with Crippen LogP contribution in [-0.2, 0) is 6.54 Å². The van der Waals surface area contributed by atoms with Crippen molar-refractivity contribution >= 4 is 31.9 Å². The molecule has 0 fully saturated rings. The smallest absolute Gasteiger partial charge is 0.0770 e. The van der Waals surface area contributed by atoms with Gasteiger partial charge in [0.15, 0.2) is 0 Å². The van der Waals surface area contributed by atoms with E-state index in [1.807, 2.05) is 6.20 Å². The van der Waals surface area contributed by atoms with Crippen molar-refractivity contribution in [3.63, 3.8) is 0 Å². The molecule has 0 saturated heterocycles. The van der Waals surface area contributed by atoms with Gasteiger partial charge in [-0.25, -0.2) is 0 Å². The van der Waals surface area contributed by atoms with Gasteiger partial charge in [0.25, 0.3) is 0 Å². The molecule has 3 nitrogen and oxygen atoms in total. The molecule has 0 aliphatic heterocycles. The largest absolute Gasteiger partial charge is 0.305 e. The summed E-state index contributed by atoms with van der Waals surface area (Å²) in [5.74, 6) is 0. The third kappa shape index (κ3) is 3.58. The maximum Gasteiger partial charge on any atom is 0.0770 e. The van der Waals surface area contributed by atoms with Crippen LogP contribution in [0.25, 0.3) is 0 Å². The highest BCUT2D eigenvalue weighted by Crippen LogP contribution is 2.34. The van der Waals surface area contributed by atoms with Crippen LogP contribution in [-0.4, -0.2) is 16.3 Å². The Kier molecular flexibility index (Phi) is 6.02. The predicted molar refractivity (Wildman–Crippen MR) is 94.6 cm³/mol. The number of benzene rings is 1. The molecule has 0 saturated carbocycles. The van der Waals surface area contributed by atoms with Crippen LogP contribution < -0.4 is 5.32 Å². The molecule has 0 amide bonds. The van der Waals surface area contributed by atoms with E-state index in [0.29, 0.717) is 0 Å². The number of halogens is 2. The molecule has 0 aliphatic carbocycles. The molecule has 1 atom stereocenters. The molecule has 2 rings (SSSR count). The highest BCUT2D eigenvalue weighted by atomic mass is 79.9. The fourth-order valence-electron chi connectivity index (χ4n) is 2.50. The van der Waals surface area contributed by atoms with Gasteiger partial charge in [0.05, 0.1) is 22.4 Å². The first-order valence-electron chi connectivity index (χ1n) is 7.29. The van der Waals surface area contributed by atoms with Gasteiger partial charge in [0.2, 0.25) is 0 Å². The van der Waals surface area contributed by atoms with Crippen molar-refractivity contribution in [3.8, 4) is 0 Å². The van der Waals surface area contributed by atoms with Crippen molar-refractivity contribution in [1.82, 2.24) is 15.1 Å². The van der Waals surface area contributed by atoms with Crippen molar-refractivity contribution in [1.29, 1.82) is 0 Å². The lowest BCUT2D eigenvalue weighted by Gasteiger charge is -2.22. The first kappa shape index (κ1) is 16.7. The van der Waals surface area contributed by atoms with E-state index in [4.69, 9.17) is 0 Å². The Bertz CT molecular complexity index is 608. The van der Waals surface area contributed by atoms with Gasteiger partial charge in [0, 0.05) is 11.0 Å². The molecular formula is C16H21Br2N3. The maximum absolute atomic E-state index is 4.50. The Hall–Kier alpha value is -0.650. The zero-order valence-corrected chi connectivity index (χ0v) is 15.8. The zero-order chi connectivity index (χ0) is 15.4. The molecule has 1 aromatic carbocycles. The van der Waals surface area contributed by atoms with Crippen LogP contribution >= 0.6 is 31.9 Å². The van der Waals surface area contributed by atoms with E-state index in [2.05, 4.69) is 85.9 Å². The van der Waals surface area contributed by atoms with E-state index >= 15 is 0 Å². The highest BCUT2D eigenvalue weighted by molar-refractivity contribution is 9.10. The third-order valence-corrected chi connectivity index (χ3v) is 5.18. The lowest BCUT2D eigenvalue weighted by atomic mass is 10.0. The standard InChI is InChI=1S/C16H21Br2N3/c1-4-9-21-16(13(17)10-20-21)15(19-5-2)12-8-6-7-11(3)14(12)18/h6-8,10,15,19H,4-5,9H2,1-3H3. The number of hydrogen-bond acceptors (Lipinski definition) is 2. The van der Waals surface area contributed by atoms with Gasteiger partial charge in [-0.15, -0.1) is 0 Å². The van der Waals surface area contributed by atoms with E-state index < -0.39 is 0 Å². The van der Waals surface area contributed by atoms with E-state index in [9.17, 15) is 0 Å². The average molecular weight is 415 g/mol. The Balaban J connectivity index is 2.53. The molecule has 1 heterocycles. The Labute approximate surface area is 143 Å². The second kappa shape index (κ2) is 7.56. The molecule has 0 spiro atoms. The zero-order valence-electron chi connectivity index (χ0n) is 12.7. The minimum absolute atomic E-state index is 0.118. The molecule has 1 unspecified atom stereocenters. The van der Waals surface area contributed by atoms with Crippen LogP contribution in [0.15, 0.2) is 33.3 Å². The summed E-state index contributed by atoms with van der Waals surface area (Å²) < 4.78 is 4.30. The molecule has 0 aliphatic rings. The second-order valence-electron chi connectivity index (χ2n) is 5.07. The van der Waals surface area contributed by atoms with Gasteiger partial charge >= 0.3 is 0 Å². The molecule has 5 heteroatoms. The average Bonchev–Trinajstić information content (AvgIpc) is 2.81. The molecule has 0 radical (unpaired) electrons. The number of aryl methyl sites for hydroxylation is 2. The molecule has 0 bridgehead atoms. The quantitative estimate of drug-likeness (QED) is 0.733. The lowest BCUT2D eigenvalue weighted by Crippen LogP contribution is -2.26.